The first kappa shape index (κ1) is 19.7. The highest BCUT2D eigenvalue weighted by atomic mass is 16.6. The molecule has 1 aromatic rings. The molecule has 140 valence electrons. The number of carbonyl (C=O) groups excluding carboxylic acids is 1. The number of benzene rings is 1. The van der Waals surface area contributed by atoms with E-state index in [4.69, 9.17) is 10.5 Å². The van der Waals surface area contributed by atoms with E-state index >= 15 is 0 Å². The molecule has 1 aromatic carbocycles. The van der Waals surface area contributed by atoms with Crippen molar-refractivity contribution >= 4 is 6.09 Å². The van der Waals surface area contributed by atoms with Gasteiger partial charge in [-0.25, -0.2) is 4.79 Å². The van der Waals surface area contributed by atoms with Crippen LogP contribution in [0.1, 0.15) is 57.7 Å². The summed E-state index contributed by atoms with van der Waals surface area (Å²) in [5, 5.41) is 0. The Labute approximate surface area is 152 Å². The van der Waals surface area contributed by atoms with Gasteiger partial charge in [0.1, 0.15) is 5.60 Å². The van der Waals surface area contributed by atoms with Gasteiger partial charge in [-0.05, 0) is 37.8 Å². The van der Waals surface area contributed by atoms with E-state index in [9.17, 15) is 4.79 Å². The number of nitrogens with zero attached hydrogens (tertiary/aromatic N) is 2. The molecule has 1 aliphatic rings. The molecule has 5 nitrogen and oxygen atoms in total. The van der Waals surface area contributed by atoms with Crippen LogP contribution in [0.25, 0.3) is 0 Å². The predicted molar refractivity (Wildman–Crippen MR) is 102 cm³/mol. The van der Waals surface area contributed by atoms with E-state index < -0.39 is 5.60 Å². The summed E-state index contributed by atoms with van der Waals surface area (Å²) in [6.07, 6.45) is -0.224. The van der Waals surface area contributed by atoms with Crippen LogP contribution in [0.15, 0.2) is 24.3 Å². The monoisotopic (exact) mass is 347 g/mol. The number of carbonyl (C=O) groups is 1. The van der Waals surface area contributed by atoms with Gasteiger partial charge >= 0.3 is 6.09 Å². The van der Waals surface area contributed by atoms with Crippen molar-refractivity contribution in [3.63, 3.8) is 0 Å². The molecule has 1 aliphatic heterocycles. The van der Waals surface area contributed by atoms with Crippen molar-refractivity contribution in [2.45, 2.75) is 52.2 Å². The van der Waals surface area contributed by atoms with Crippen molar-refractivity contribution < 1.29 is 9.53 Å². The van der Waals surface area contributed by atoms with Gasteiger partial charge in [-0.3, -0.25) is 4.90 Å². The first-order chi connectivity index (χ1) is 11.7. The summed E-state index contributed by atoms with van der Waals surface area (Å²) in [6, 6.07) is 8.96. The van der Waals surface area contributed by atoms with Gasteiger partial charge in [-0.1, -0.05) is 38.1 Å². The SMILES string of the molecule is CC(C)c1ccc(C(CN)N2CCN(C(=O)OC(C)(C)C)CC2)cc1. The first-order valence-electron chi connectivity index (χ1n) is 9.23. The highest BCUT2D eigenvalue weighted by Gasteiger charge is 2.29. The molecule has 0 radical (unpaired) electrons. The molecule has 1 saturated heterocycles. The normalized spacial score (nSPS) is 17.6. The Morgan fingerprint density at radius 2 is 1.60 bits per heavy atom. The van der Waals surface area contributed by atoms with Crippen LogP contribution in [0.3, 0.4) is 0 Å². The smallest absolute Gasteiger partial charge is 0.410 e. The third kappa shape index (κ3) is 5.44. The molecule has 1 fully saturated rings. The lowest BCUT2D eigenvalue weighted by Crippen LogP contribution is -2.51. The van der Waals surface area contributed by atoms with Crippen LogP contribution >= 0.6 is 0 Å². The molecular formula is C20H33N3O2. The van der Waals surface area contributed by atoms with Crippen LogP contribution in [-0.4, -0.2) is 54.2 Å². The number of nitrogens with two attached hydrogens (primary N) is 1. The second kappa shape index (κ2) is 8.19. The second-order valence-electron chi connectivity index (χ2n) is 8.08. The van der Waals surface area contributed by atoms with Gasteiger partial charge < -0.3 is 15.4 Å². The summed E-state index contributed by atoms with van der Waals surface area (Å²) < 4.78 is 5.46. The second-order valence-corrected chi connectivity index (χ2v) is 8.08. The summed E-state index contributed by atoms with van der Waals surface area (Å²) in [6.45, 7) is 13.6. The average molecular weight is 348 g/mol. The standard InChI is InChI=1S/C20H33N3O2/c1-15(2)16-6-8-17(9-7-16)18(14-21)22-10-12-23(13-11-22)19(24)25-20(3,4)5/h6-9,15,18H,10-14,21H2,1-5H3. The zero-order valence-corrected chi connectivity index (χ0v) is 16.3. The number of rotatable bonds is 4. The molecule has 0 aromatic heterocycles. The van der Waals surface area contributed by atoms with Crippen LogP contribution in [0.2, 0.25) is 0 Å². The van der Waals surface area contributed by atoms with Crippen molar-refractivity contribution in [1.29, 1.82) is 0 Å². The maximum absolute atomic E-state index is 12.2. The van der Waals surface area contributed by atoms with Crippen molar-refractivity contribution in [1.82, 2.24) is 9.80 Å². The Kier molecular flexibility index (Phi) is 6.47. The zero-order chi connectivity index (χ0) is 18.6. The number of hydrogen-bond acceptors (Lipinski definition) is 4. The third-order valence-electron chi connectivity index (χ3n) is 4.62. The fourth-order valence-corrected chi connectivity index (χ4v) is 3.14. The first-order valence-corrected chi connectivity index (χ1v) is 9.23. The van der Waals surface area contributed by atoms with E-state index in [0.717, 1.165) is 13.1 Å². The Balaban J connectivity index is 1.96. The number of ether oxygens (including phenoxy) is 1. The molecule has 2 N–H and O–H groups in total. The lowest BCUT2D eigenvalue weighted by molar-refractivity contribution is 0.0106. The van der Waals surface area contributed by atoms with Crippen LogP contribution in [0.5, 0.6) is 0 Å². The highest BCUT2D eigenvalue weighted by molar-refractivity contribution is 5.68. The van der Waals surface area contributed by atoms with E-state index in [1.165, 1.54) is 11.1 Å². The molecule has 0 saturated carbocycles. The molecule has 1 heterocycles. The van der Waals surface area contributed by atoms with Gasteiger partial charge in [0.25, 0.3) is 0 Å². The van der Waals surface area contributed by atoms with Crippen molar-refractivity contribution in [2.24, 2.45) is 5.73 Å². The lowest BCUT2D eigenvalue weighted by atomic mass is 9.98. The zero-order valence-electron chi connectivity index (χ0n) is 16.3. The van der Waals surface area contributed by atoms with Gasteiger partial charge in [0.15, 0.2) is 0 Å². The quantitative estimate of drug-likeness (QED) is 0.907. The Bertz CT molecular complexity index is 555. The van der Waals surface area contributed by atoms with Crippen molar-refractivity contribution in [2.75, 3.05) is 32.7 Å². The van der Waals surface area contributed by atoms with E-state index in [0.29, 0.717) is 25.6 Å². The van der Waals surface area contributed by atoms with Crippen molar-refractivity contribution in [3.8, 4) is 0 Å². The van der Waals surface area contributed by atoms with Crippen LogP contribution in [0, 0.1) is 0 Å². The van der Waals surface area contributed by atoms with Gasteiger partial charge in [-0.15, -0.1) is 0 Å². The molecule has 1 amide bonds. The minimum Gasteiger partial charge on any atom is -0.444 e. The molecule has 25 heavy (non-hydrogen) atoms. The third-order valence-corrected chi connectivity index (χ3v) is 4.62. The Morgan fingerprint density at radius 1 is 1.08 bits per heavy atom. The molecule has 0 bridgehead atoms. The van der Waals surface area contributed by atoms with E-state index in [1.54, 1.807) is 4.90 Å². The predicted octanol–water partition coefficient (Wildman–Crippen LogP) is 3.36. The lowest BCUT2D eigenvalue weighted by Gasteiger charge is -2.39. The number of piperazine rings is 1. The summed E-state index contributed by atoms with van der Waals surface area (Å²) in [5.41, 5.74) is 8.20. The minimum atomic E-state index is -0.452. The largest absolute Gasteiger partial charge is 0.444 e. The molecular weight excluding hydrogens is 314 g/mol. The maximum atomic E-state index is 12.2. The summed E-state index contributed by atoms with van der Waals surface area (Å²) in [4.78, 5) is 16.3. The average Bonchev–Trinajstić information content (AvgIpc) is 2.55. The van der Waals surface area contributed by atoms with Gasteiger partial charge in [0, 0.05) is 38.8 Å². The van der Waals surface area contributed by atoms with Gasteiger partial charge in [0.2, 0.25) is 0 Å². The van der Waals surface area contributed by atoms with E-state index in [1.807, 2.05) is 20.8 Å². The summed E-state index contributed by atoms with van der Waals surface area (Å²) in [7, 11) is 0. The summed E-state index contributed by atoms with van der Waals surface area (Å²) in [5.74, 6) is 0.530. The number of hydrogen-bond donors (Lipinski definition) is 1. The van der Waals surface area contributed by atoms with Crippen LogP contribution in [0.4, 0.5) is 4.79 Å². The van der Waals surface area contributed by atoms with E-state index in [-0.39, 0.29) is 12.1 Å². The maximum Gasteiger partial charge on any atom is 0.410 e. The van der Waals surface area contributed by atoms with Crippen LogP contribution in [-0.2, 0) is 4.74 Å². The Hall–Kier alpha value is -1.59. The number of amides is 1. The molecule has 5 heteroatoms. The van der Waals surface area contributed by atoms with Crippen molar-refractivity contribution in [3.05, 3.63) is 35.4 Å². The van der Waals surface area contributed by atoms with Gasteiger partial charge in [-0.2, -0.15) is 0 Å². The Morgan fingerprint density at radius 3 is 2.04 bits per heavy atom. The minimum absolute atomic E-state index is 0.196. The van der Waals surface area contributed by atoms with Gasteiger partial charge in [0.05, 0.1) is 0 Å². The molecule has 0 aliphatic carbocycles. The highest BCUT2D eigenvalue weighted by Crippen LogP contribution is 2.24. The molecule has 2 rings (SSSR count). The molecule has 1 atom stereocenters. The van der Waals surface area contributed by atoms with E-state index in [2.05, 4.69) is 43.0 Å². The topological polar surface area (TPSA) is 58.8 Å². The summed E-state index contributed by atoms with van der Waals surface area (Å²) >= 11 is 0. The van der Waals surface area contributed by atoms with Crippen LogP contribution < -0.4 is 5.73 Å². The fourth-order valence-electron chi connectivity index (χ4n) is 3.14. The fraction of sp³-hybridized carbons (Fsp3) is 0.650. The molecule has 1 unspecified atom stereocenters. The molecule has 0 spiro atoms.